The maximum Gasteiger partial charge on any atom is 0.183 e. The van der Waals surface area contributed by atoms with E-state index in [9.17, 15) is 4.79 Å². The van der Waals surface area contributed by atoms with Crippen LogP contribution in [-0.4, -0.2) is 19.4 Å². The first-order valence-electron chi connectivity index (χ1n) is 8.65. The van der Waals surface area contributed by atoms with Gasteiger partial charge in [-0.15, -0.1) is 0 Å². The summed E-state index contributed by atoms with van der Waals surface area (Å²) in [5, 5.41) is 3.92. The fourth-order valence-electron chi connectivity index (χ4n) is 2.85. The van der Waals surface area contributed by atoms with Gasteiger partial charge < -0.3 is 10.1 Å². The van der Waals surface area contributed by atoms with Crippen LogP contribution in [0.2, 0.25) is 0 Å². The number of ether oxygens (including phenoxy) is 1. The normalized spacial score (nSPS) is 17.0. The van der Waals surface area contributed by atoms with Gasteiger partial charge in [-0.2, -0.15) is 0 Å². The molecule has 1 aliphatic heterocycles. The minimum absolute atomic E-state index is 0.145. The van der Waals surface area contributed by atoms with E-state index >= 15 is 0 Å². The smallest absolute Gasteiger partial charge is 0.183 e. The lowest BCUT2D eigenvalue weighted by Gasteiger charge is -2.10. The molecule has 0 aliphatic carbocycles. The fraction of sp³-hybridized carbons (Fsp3) is 0.286. The van der Waals surface area contributed by atoms with Crippen LogP contribution in [0.5, 0.6) is 5.75 Å². The van der Waals surface area contributed by atoms with E-state index in [0.717, 1.165) is 40.3 Å². The van der Waals surface area contributed by atoms with Gasteiger partial charge in [-0.05, 0) is 29.7 Å². The third kappa shape index (κ3) is 3.90. The number of rotatable bonds is 7. The van der Waals surface area contributed by atoms with Crippen molar-refractivity contribution in [2.75, 3.05) is 13.7 Å². The molecule has 0 saturated carbocycles. The lowest BCUT2D eigenvalue weighted by atomic mass is 9.97. The van der Waals surface area contributed by atoms with Crippen molar-refractivity contribution in [1.82, 2.24) is 5.32 Å². The molecule has 0 spiro atoms. The number of hydrogen-bond acceptors (Lipinski definition) is 4. The first-order chi connectivity index (χ1) is 12.2. The predicted molar refractivity (Wildman–Crippen MR) is 105 cm³/mol. The number of unbranched alkanes of at least 4 members (excludes halogenated alkanes) is 1. The Kier molecular flexibility index (Phi) is 5.82. The van der Waals surface area contributed by atoms with Gasteiger partial charge in [-0.1, -0.05) is 67.6 Å². The topological polar surface area (TPSA) is 38.3 Å². The van der Waals surface area contributed by atoms with Crippen LogP contribution in [0.1, 0.15) is 36.1 Å². The van der Waals surface area contributed by atoms with Crippen LogP contribution in [0.15, 0.2) is 59.6 Å². The summed E-state index contributed by atoms with van der Waals surface area (Å²) >= 11 is 1.58. The van der Waals surface area contributed by atoms with Crippen LogP contribution in [0, 0.1) is 0 Å². The van der Waals surface area contributed by atoms with Gasteiger partial charge in [0.1, 0.15) is 5.75 Å². The summed E-state index contributed by atoms with van der Waals surface area (Å²) in [6.07, 6.45) is 2.13. The quantitative estimate of drug-likeness (QED) is 0.725. The summed E-state index contributed by atoms with van der Waals surface area (Å²) in [5.74, 6) is 0.959. The number of nitrogens with one attached hydrogen (secondary N) is 1. The molecule has 2 aromatic rings. The third-order valence-electron chi connectivity index (χ3n) is 4.17. The van der Waals surface area contributed by atoms with Crippen LogP contribution in [0.3, 0.4) is 0 Å². The Morgan fingerprint density at radius 1 is 1.12 bits per heavy atom. The van der Waals surface area contributed by atoms with E-state index in [1.165, 1.54) is 0 Å². The van der Waals surface area contributed by atoms with Crippen LogP contribution in [0.4, 0.5) is 0 Å². The summed E-state index contributed by atoms with van der Waals surface area (Å²) in [7, 11) is 1.87. The third-order valence-corrected chi connectivity index (χ3v) is 5.53. The highest BCUT2D eigenvalue weighted by Crippen LogP contribution is 2.47. The molecule has 0 aromatic heterocycles. The Morgan fingerprint density at radius 3 is 2.64 bits per heavy atom. The molecule has 0 saturated heterocycles. The largest absolute Gasteiger partial charge is 0.494 e. The van der Waals surface area contributed by atoms with E-state index in [1.54, 1.807) is 11.8 Å². The Labute approximate surface area is 153 Å². The summed E-state index contributed by atoms with van der Waals surface area (Å²) in [4.78, 5) is 13.1. The molecule has 1 unspecified atom stereocenters. The molecule has 1 aliphatic rings. The minimum atomic E-state index is -0.191. The fourth-order valence-corrected chi connectivity index (χ4v) is 4.06. The molecule has 0 amide bonds. The van der Waals surface area contributed by atoms with Crippen molar-refractivity contribution < 1.29 is 9.53 Å². The Morgan fingerprint density at radius 2 is 1.92 bits per heavy atom. The van der Waals surface area contributed by atoms with E-state index in [-0.39, 0.29) is 11.0 Å². The lowest BCUT2D eigenvalue weighted by molar-refractivity contribution is -0.113. The number of thioether (sulfide) groups is 1. The van der Waals surface area contributed by atoms with Gasteiger partial charge in [-0.25, -0.2) is 0 Å². The zero-order chi connectivity index (χ0) is 17.6. The maximum absolute atomic E-state index is 13.1. The Balaban J connectivity index is 1.87. The van der Waals surface area contributed by atoms with Crippen molar-refractivity contribution >= 4 is 23.1 Å². The maximum atomic E-state index is 13.1. The van der Waals surface area contributed by atoms with Gasteiger partial charge in [0.2, 0.25) is 0 Å². The van der Waals surface area contributed by atoms with Crippen molar-refractivity contribution in [2.45, 2.75) is 25.0 Å². The number of Topliss-reactive ketones (excluding diaryl/α,β-unsaturated/α-hetero) is 1. The molecular formula is C21H23NO2S. The SMILES string of the molecule is CCCCOc1cccc(C2=C(NC)SC(c3ccccc3)C2=O)c1. The molecule has 2 aromatic carbocycles. The van der Waals surface area contributed by atoms with Crippen molar-refractivity contribution in [3.8, 4) is 5.75 Å². The monoisotopic (exact) mass is 353 g/mol. The molecule has 130 valence electrons. The second-order valence-corrected chi connectivity index (χ2v) is 7.07. The molecule has 0 fully saturated rings. The summed E-state index contributed by atoms with van der Waals surface area (Å²) in [6, 6.07) is 17.8. The van der Waals surface area contributed by atoms with Crippen molar-refractivity contribution in [3.63, 3.8) is 0 Å². The highest BCUT2D eigenvalue weighted by atomic mass is 32.2. The molecule has 0 radical (unpaired) electrons. The van der Waals surface area contributed by atoms with Crippen molar-refractivity contribution in [2.24, 2.45) is 0 Å². The minimum Gasteiger partial charge on any atom is -0.494 e. The molecule has 1 atom stereocenters. The van der Waals surface area contributed by atoms with Gasteiger partial charge in [0, 0.05) is 7.05 Å². The number of carbonyl (C=O) groups is 1. The van der Waals surface area contributed by atoms with Gasteiger partial charge in [0.15, 0.2) is 5.78 Å². The van der Waals surface area contributed by atoms with Crippen LogP contribution in [-0.2, 0) is 4.79 Å². The van der Waals surface area contributed by atoms with Crippen molar-refractivity contribution in [3.05, 3.63) is 70.8 Å². The second kappa shape index (κ2) is 8.26. The molecule has 0 bridgehead atoms. The lowest BCUT2D eigenvalue weighted by Crippen LogP contribution is -2.07. The van der Waals surface area contributed by atoms with E-state index in [2.05, 4.69) is 12.2 Å². The molecular weight excluding hydrogens is 330 g/mol. The van der Waals surface area contributed by atoms with Crippen LogP contribution < -0.4 is 10.1 Å². The summed E-state index contributed by atoms with van der Waals surface area (Å²) < 4.78 is 5.80. The standard InChI is InChI=1S/C21H23NO2S/c1-3-4-13-24-17-12-8-11-16(14-17)18-19(23)20(25-21(18)22-2)15-9-6-5-7-10-15/h5-12,14,20,22H,3-4,13H2,1-2H3. The number of carbonyl (C=O) groups excluding carboxylic acids is 1. The van der Waals surface area contributed by atoms with Crippen LogP contribution >= 0.6 is 11.8 Å². The zero-order valence-corrected chi connectivity index (χ0v) is 15.4. The highest BCUT2D eigenvalue weighted by molar-refractivity contribution is 8.04. The predicted octanol–water partition coefficient (Wildman–Crippen LogP) is 4.81. The first-order valence-corrected chi connectivity index (χ1v) is 9.53. The number of benzene rings is 2. The first kappa shape index (κ1) is 17.6. The van der Waals surface area contributed by atoms with E-state index in [0.29, 0.717) is 6.61 Å². The van der Waals surface area contributed by atoms with E-state index in [4.69, 9.17) is 4.74 Å². The molecule has 3 nitrogen and oxygen atoms in total. The van der Waals surface area contributed by atoms with Crippen LogP contribution in [0.25, 0.3) is 5.57 Å². The van der Waals surface area contributed by atoms with E-state index in [1.807, 2.05) is 61.6 Å². The van der Waals surface area contributed by atoms with Crippen molar-refractivity contribution in [1.29, 1.82) is 0 Å². The Hall–Kier alpha value is -2.20. The molecule has 3 rings (SSSR count). The number of hydrogen-bond donors (Lipinski definition) is 1. The average Bonchev–Trinajstić information content (AvgIpc) is 2.99. The highest BCUT2D eigenvalue weighted by Gasteiger charge is 2.35. The van der Waals surface area contributed by atoms with Gasteiger partial charge in [0.25, 0.3) is 0 Å². The van der Waals surface area contributed by atoms with Gasteiger partial charge in [0.05, 0.1) is 22.5 Å². The number of ketones is 1. The average molecular weight is 353 g/mol. The molecule has 1 heterocycles. The molecule has 1 N–H and O–H groups in total. The molecule has 4 heteroatoms. The Bertz CT molecular complexity index is 770. The summed E-state index contributed by atoms with van der Waals surface area (Å²) in [6.45, 7) is 2.84. The van der Waals surface area contributed by atoms with Gasteiger partial charge in [-0.3, -0.25) is 4.79 Å². The summed E-state index contributed by atoms with van der Waals surface area (Å²) in [5.41, 5.74) is 2.70. The second-order valence-electron chi connectivity index (χ2n) is 5.96. The van der Waals surface area contributed by atoms with Gasteiger partial charge >= 0.3 is 0 Å². The number of allylic oxidation sites excluding steroid dienone is 1. The zero-order valence-electron chi connectivity index (χ0n) is 14.6. The van der Waals surface area contributed by atoms with E-state index < -0.39 is 0 Å². The molecule has 25 heavy (non-hydrogen) atoms.